The molecule has 0 radical (unpaired) electrons. The molecular formula is C22H24ClFN4O2. The molecule has 1 aliphatic rings. The molecule has 0 spiro atoms. The fourth-order valence-electron chi connectivity index (χ4n) is 3.33. The molecule has 0 amide bonds. The molecule has 0 saturated carbocycles. The van der Waals surface area contributed by atoms with Crippen molar-refractivity contribution in [1.29, 1.82) is 0 Å². The molecule has 2 aromatic carbocycles. The highest BCUT2D eigenvalue weighted by Crippen LogP contribution is 2.30. The normalized spacial score (nSPS) is 15.5. The van der Waals surface area contributed by atoms with E-state index in [0.29, 0.717) is 49.4 Å². The Morgan fingerprint density at radius 1 is 1.13 bits per heavy atom. The van der Waals surface area contributed by atoms with Crippen molar-refractivity contribution in [1.82, 2.24) is 10.1 Å². The lowest BCUT2D eigenvalue weighted by molar-refractivity contribution is 0.0675. The summed E-state index contributed by atoms with van der Waals surface area (Å²) >= 11 is 0. The first-order valence-electron chi connectivity index (χ1n) is 9.60. The number of rotatable bonds is 4. The number of benzene rings is 2. The van der Waals surface area contributed by atoms with E-state index < -0.39 is 0 Å². The smallest absolute Gasteiger partial charge is 0.253 e. The quantitative estimate of drug-likeness (QED) is 0.492. The predicted octanol–water partition coefficient (Wildman–Crippen LogP) is 4.33. The molecule has 1 fully saturated rings. The standard InChI is InChI=1S/C22H23FN4O2.ClH/c1-15(17-7-8-18(19(23)13-17)16-5-3-2-4-6-16)20-14-21(29-26-20)25-22(24)27-9-11-28-12-10-27;/h2-8,13-15H,9-12H2,1H3,(H2,24,25);1H/t15-;/m1./s1. The van der Waals surface area contributed by atoms with Gasteiger partial charge in [-0.15, -0.1) is 12.4 Å². The molecule has 1 aromatic heterocycles. The van der Waals surface area contributed by atoms with Crippen molar-refractivity contribution in [3.05, 3.63) is 71.7 Å². The van der Waals surface area contributed by atoms with Gasteiger partial charge in [0.25, 0.3) is 5.88 Å². The number of aromatic nitrogens is 1. The maximum atomic E-state index is 14.7. The zero-order valence-electron chi connectivity index (χ0n) is 16.6. The molecule has 4 rings (SSSR count). The largest absolute Gasteiger partial charge is 0.378 e. The Balaban J connectivity index is 0.00000256. The van der Waals surface area contributed by atoms with E-state index in [1.807, 2.05) is 48.2 Å². The Bertz CT molecular complexity index is 1000. The molecule has 1 atom stereocenters. The van der Waals surface area contributed by atoms with Gasteiger partial charge in [-0.1, -0.05) is 54.5 Å². The van der Waals surface area contributed by atoms with Crippen LogP contribution in [0.1, 0.15) is 24.1 Å². The second-order valence-electron chi connectivity index (χ2n) is 6.99. The third-order valence-corrected chi connectivity index (χ3v) is 5.10. The zero-order valence-corrected chi connectivity index (χ0v) is 17.4. The zero-order chi connectivity index (χ0) is 20.2. The molecule has 0 unspecified atom stereocenters. The van der Waals surface area contributed by atoms with Crippen LogP contribution in [0.25, 0.3) is 11.1 Å². The minimum absolute atomic E-state index is 0. The third-order valence-electron chi connectivity index (χ3n) is 5.10. The minimum atomic E-state index is -0.265. The van der Waals surface area contributed by atoms with Gasteiger partial charge < -0.3 is 19.9 Å². The lowest BCUT2D eigenvalue weighted by atomic mass is 9.95. The lowest BCUT2D eigenvalue weighted by Gasteiger charge is -2.27. The van der Waals surface area contributed by atoms with Crippen LogP contribution in [0.5, 0.6) is 0 Å². The molecule has 0 aliphatic carbocycles. The van der Waals surface area contributed by atoms with Crippen LogP contribution in [-0.2, 0) is 4.74 Å². The monoisotopic (exact) mass is 430 g/mol. The van der Waals surface area contributed by atoms with E-state index in [4.69, 9.17) is 15.0 Å². The highest BCUT2D eigenvalue weighted by Gasteiger charge is 2.18. The lowest BCUT2D eigenvalue weighted by Crippen LogP contribution is -2.44. The average Bonchev–Trinajstić information content (AvgIpc) is 3.23. The summed E-state index contributed by atoms with van der Waals surface area (Å²) in [6, 6.07) is 16.5. The number of ether oxygens (including phenoxy) is 1. The second kappa shape index (κ2) is 9.73. The topological polar surface area (TPSA) is 76.9 Å². The van der Waals surface area contributed by atoms with Gasteiger partial charge in [-0.3, -0.25) is 0 Å². The van der Waals surface area contributed by atoms with Crippen molar-refractivity contribution in [3.63, 3.8) is 0 Å². The van der Waals surface area contributed by atoms with E-state index in [0.717, 1.165) is 11.1 Å². The molecule has 158 valence electrons. The van der Waals surface area contributed by atoms with Gasteiger partial charge in [-0.25, -0.2) is 4.39 Å². The highest BCUT2D eigenvalue weighted by molar-refractivity contribution is 5.85. The van der Waals surface area contributed by atoms with Gasteiger partial charge in [0.2, 0.25) is 0 Å². The fraction of sp³-hybridized carbons (Fsp3) is 0.273. The number of hydrogen-bond acceptors (Lipinski definition) is 4. The van der Waals surface area contributed by atoms with Crippen molar-refractivity contribution >= 4 is 24.3 Å². The van der Waals surface area contributed by atoms with E-state index in [9.17, 15) is 4.39 Å². The molecule has 2 N–H and O–H groups in total. The Labute approximate surface area is 180 Å². The average molecular weight is 431 g/mol. The molecule has 3 aromatic rings. The molecule has 1 saturated heterocycles. The van der Waals surface area contributed by atoms with E-state index >= 15 is 0 Å². The van der Waals surface area contributed by atoms with E-state index in [1.165, 1.54) is 0 Å². The number of hydrogen-bond donors (Lipinski definition) is 1. The third kappa shape index (κ3) is 4.80. The summed E-state index contributed by atoms with van der Waals surface area (Å²) in [7, 11) is 0. The summed E-state index contributed by atoms with van der Waals surface area (Å²) in [5.41, 5.74) is 8.96. The van der Waals surface area contributed by atoms with Crippen LogP contribution in [0, 0.1) is 5.82 Å². The van der Waals surface area contributed by atoms with Crippen LogP contribution in [0.4, 0.5) is 10.3 Å². The van der Waals surface area contributed by atoms with Gasteiger partial charge in [-0.05, 0) is 17.2 Å². The molecule has 8 heteroatoms. The number of morpholine rings is 1. The van der Waals surface area contributed by atoms with Crippen LogP contribution in [-0.4, -0.2) is 42.3 Å². The number of nitrogens with two attached hydrogens (primary N) is 1. The minimum Gasteiger partial charge on any atom is -0.378 e. The summed E-state index contributed by atoms with van der Waals surface area (Å²) in [6.07, 6.45) is 0. The van der Waals surface area contributed by atoms with Crippen molar-refractivity contribution in [2.75, 3.05) is 26.3 Å². The number of guanidine groups is 1. The molecule has 2 heterocycles. The summed E-state index contributed by atoms with van der Waals surface area (Å²) < 4.78 is 25.3. The number of halogens is 2. The predicted molar refractivity (Wildman–Crippen MR) is 117 cm³/mol. The van der Waals surface area contributed by atoms with E-state index in [-0.39, 0.29) is 24.1 Å². The van der Waals surface area contributed by atoms with Gasteiger partial charge in [0, 0.05) is 30.6 Å². The van der Waals surface area contributed by atoms with Crippen LogP contribution in [0.2, 0.25) is 0 Å². The fourth-order valence-corrected chi connectivity index (χ4v) is 3.33. The molecule has 1 aliphatic heterocycles. The van der Waals surface area contributed by atoms with Gasteiger partial charge in [0.1, 0.15) is 5.82 Å². The van der Waals surface area contributed by atoms with Crippen molar-refractivity contribution < 1.29 is 13.7 Å². The summed E-state index contributed by atoms with van der Waals surface area (Å²) in [6.45, 7) is 4.59. The summed E-state index contributed by atoms with van der Waals surface area (Å²) in [4.78, 5) is 6.25. The molecule has 0 bridgehead atoms. The summed E-state index contributed by atoms with van der Waals surface area (Å²) in [5.74, 6) is 0.296. The maximum absolute atomic E-state index is 14.7. The molecule has 30 heavy (non-hydrogen) atoms. The van der Waals surface area contributed by atoms with E-state index in [2.05, 4.69) is 10.1 Å². The van der Waals surface area contributed by atoms with E-state index in [1.54, 1.807) is 18.2 Å². The summed E-state index contributed by atoms with van der Waals surface area (Å²) in [5, 5.41) is 4.10. The maximum Gasteiger partial charge on any atom is 0.253 e. The number of nitrogens with zero attached hydrogens (tertiary/aromatic N) is 3. The molecule has 6 nitrogen and oxygen atoms in total. The first kappa shape index (κ1) is 21.8. The van der Waals surface area contributed by atoms with Crippen LogP contribution >= 0.6 is 12.4 Å². The highest BCUT2D eigenvalue weighted by atomic mass is 35.5. The van der Waals surface area contributed by atoms with Crippen molar-refractivity contribution in [3.8, 4) is 11.1 Å². The first-order chi connectivity index (χ1) is 14.1. The Morgan fingerprint density at radius 3 is 2.57 bits per heavy atom. The second-order valence-corrected chi connectivity index (χ2v) is 6.99. The Kier molecular flexibility index (Phi) is 7.07. The first-order valence-corrected chi connectivity index (χ1v) is 9.60. The van der Waals surface area contributed by atoms with Crippen LogP contribution < -0.4 is 5.73 Å². The van der Waals surface area contributed by atoms with Crippen molar-refractivity contribution in [2.24, 2.45) is 10.7 Å². The molecular weight excluding hydrogens is 407 g/mol. The van der Waals surface area contributed by atoms with Crippen LogP contribution in [0.15, 0.2) is 64.1 Å². The number of aliphatic imine (C=N–C) groups is 1. The van der Waals surface area contributed by atoms with Gasteiger partial charge >= 0.3 is 0 Å². The van der Waals surface area contributed by atoms with Crippen LogP contribution in [0.3, 0.4) is 0 Å². The van der Waals surface area contributed by atoms with Gasteiger partial charge in [0.15, 0.2) is 5.96 Å². The Hall–Kier alpha value is -2.90. The SMILES string of the molecule is C[C@H](c1ccc(-c2ccccc2)c(F)c1)c1cc(N=C(N)N2CCOCC2)on1.Cl. The Morgan fingerprint density at radius 2 is 1.87 bits per heavy atom. The van der Waals surface area contributed by atoms with Gasteiger partial charge in [0.05, 0.1) is 18.9 Å². The van der Waals surface area contributed by atoms with Gasteiger partial charge in [-0.2, -0.15) is 4.99 Å². The van der Waals surface area contributed by atoms with Crippen molar-refractivity contribution in [2.45, 2.75) is 12.8 Å².